The van der Waals surface area contributed by atoms with E-state index in [1.165, 1.54) is 28.1 Å². The van der Waals surface area contributed by atoms with Crippen LogP contribution >= 0.6 is 11.3 Å². The summed E-state index contributed by atoms with van der Waals surface area (Å²) in [5, 5.41) is 1.16. The van der Waals surface area contributed by atoms with Crippen LogP contribution in [0.2, 0.25) is 0 Å². The maximum atomic E-state index is 5.64. The van der Waals surface area contributed by atoms with Gasteiger partial charge in [-0.05, 0) is 30.2 Å². The van der Waals surface area contributed by atoms with E-state index in [0.29, 0.717) is 12.5 Å². The van der Waals surface area contributed by atoms with Crippen molar-refractivity contribution in [3.05, 3.63) is 40.4 Å². The molecule has 19 heavy (non-hydrogen) atoms. The number of rotatable bonds is 2. The summed E-state index contributed by atoms with van der Waals surface area (Å²) < 4.78 is 0. The van der Waals surface area contributed by atoms with Crippen molar-refractivity contribution in [2.45, 2.75) is 39.2 Å². The Bertz CT molecular complexity index is 571. The van der Waals surface area contributed by atoms with E-state index in [1.54, 1.807) is 0 Å². The van der Waals surface area contributed by atoms with Crippen molar-refractivity contribution in [1.82, 2.24) is 4.98 Å². The van der Waals surface area contributed by atoms with Gasteiger partial charge in [-0.1, -0.05) is 38.1 Å². The average Bonchev–Trinajstić information content (AvgIpc) is 2.83. The fourth-order valence-corrected chi connectivity index (χ4v) is 4.09. The summed E-state index contributed by atoms with van der Waals surface area (Å²) in [7, 11) is 0. The summed E-state index contributed by atoms with van der Waals surface area (Å²) in [6.07, 6.45) is 2.43. The van der Waals surface area contributed by atoms with Crippen LogP contribution in [0.15, 0.2) is 24.3 Å². The van der Waals surface area contributed by atoms with Gasteiger partial charge < -0.3 is 5.73 Å². The van der Waals surface area contributed by atoms with Gasteiger partial charge in [-0.3, -0.25) is 0 Å². The lowest BCUT2D eigenvalue weighted by Crippen LogP contribution is -2.12. The molecule has 0 aliphatic heterocycles. The fraction of sp³-hybridized carbons (Fsp3) is 0.438. The molecule has 2 atom stereocenters. The maximum absolute atomic E-state index is 5.64. The molecule has 1 heterocycles. The number of fused-ring (bicyclic) bond motifs is 1. The van der Waals surface area contributed by atoms with E-state index in [9.17, 15) is 0 Å². The largest absolute Gasteiger partial charge is 0.326 e. The molecule has 1 aromatic carbocycles. The van der Waals surface area contributed by atoms with E-state index in [4.69, 9.17) is 10.7 Å². The Labute approximate surface area is 118 Å². The Balaban J connectivity index is 1.95. The third-order valence-electron chi connectivity index (χ3n) is 3.91. The van der Waals surface area contributed by atoms with Gasteiger partial charge in [-0.25, -0.2) is 4.98 Å². The molecule has 0 amide bonds. The number of nitrogens with zero attached hydrogens (tertiary/aromatic N) is 1. The maximum Gasteiger partial charge on any atom is 0.123 e. The second-order valence-corrected chi connectivity index (χ2v) is 6.71. The molecule has 0 saturated carbocycles. The van der Waals surface area contributed by atoms with E-state index in [-0.39, 0.29) is 0 Å². The summed E-state index contributed by atoms with van der Waals surface area (Å²) in [5.74, 6) is 1.42. The predicted octanol–water partition coefficient (Wildman–Crippen LogP) is 3.95. The molecule has 1 aromatic heterocycles. The normalized spacial score (nSPS) is 22.3. The predicted molar refractivity (Wildman–Crippen MR) is 81.3 cm³/mol. The van der Waals surface area contributed by atoms with Crippen molar-refractivity contribution in [3.63, 3.8) is 0 Å². The zero-order valence-corrected chi connectivity index (χ0v) is 12.3. The minimum Gasteiger partial charge on any atom is -0.326 e. The Morgan fingerprint density at radius 2 is 2.00 bits per heavy atom. The molecule has 3 rings (SSSR count). The first kappa shape index (κ1) is 12.8. The summed E-state index contributed by atoms with van der Waals surface area (Å²) in [6, 6.07) is 8.48. The molecule has 0 saturated heterocycles. The van der Waals surface area contributed by atoms with Crippen molar-refractivity contribution >= 4 is 11.3 Å². The Kier molecular flexibility index (Phi) is 3.42. The zero-order chi connectivity index (χ0) is 13.4. The van der Waals surface area contributed by atoms with Crippen LogP contribution < -0.4 is 5.73 Å². The average molecular weight is 272 g/mol. The van der Waals surface area contributed by atoms with Crippen LogP contribution in [-0.4, -0.2) is 4.98 Å². The lowest BCUT2D eigenvalue weighted by atomic mass is 9.86. The molecule has 2 unspecified atom stereocenters. The van der Waals surface area contributed by atoms with Crippen molar-refractivity contribution < 1.29 is 0 Å². The zero-order valence-electron chi connectivity index (χ0n) is 11.5. The highest BCUT2D eigenvalue weighted by atomic mass is 32.1. The van der Waals surface area contributed by atoms with Crippen LogP contribution in [0.4, 0.5) is 0 Å². The first-order valence-electron chi connectivity index (χ1n) is 6.96. The second-order valence-electron chi connectivity index (χ2n) is 5.68. The lowest BCUT2D eigenvalue weighted by molar-refractivity contribution is 0.450. The van der Waals surface area contributed by atoms with Gasteiger partial charge in [0.25, 0.3) is 0 Å². The van der Waals surface area contributed by atoms with Gasteiger partial charge in [-0.15, -0.1) is 11.3 Å². The second kappa shape index (κ2) is 5.06. The molecule has 0 radical (unpaired) electrons. The molecular weight excluding hydrogens is 252 g/mol. The molecule has 2 aromatic rings. The van der Waals surface area contributed by atoms with Crippen molar-refractivity contribution in [2.24, 2.45) is 11.7 Å². The van der Waals surface area contributed by atoms with Gasteiger partial charge in [0, 0.05) is 17.0 Å². The van der Waals surface area contributed by atoms with Gasteiger partial charge in [-0.2, -0.15) is 0 Å². The summed E-state index contributed by atoms with van der Waals surface area (Å²) in [6.45, 7) is 5.26. The standard InChI is InChI=1S/C16H20N2S/c1-10-7-11(2)15-14(8-10)18-16(19-15)13-5-3-12(9-17)4-6-13/h3-6,10-11H,7-9,17H2,1-2H3. The van der Waals surface area contributed by atoms with Gasteiger partial charge in [0.2, 0.25) is 0 Å². The summed E-state index contributed by atoms with van der Waals surface area (Å²) in [4.78, 5) is 6.36. The van der Waals surface area contributed by atoms with Crippen LogP contribution in [0.1, 0.15) is 42.3 Å². The van der Waals surface area contributed by atoms with E-state index >= 15 is 0 Å². The molecule has 2 nitrogen and oxygen atoms in total. The molecule has 3 heteroatoms. The quantitative estimate of drug-likeness (QED) is 0.899. The summed E-state index contributed by atoms with van der Waals surface area (Å²) >= 11 is 1.87. The smallest absolute Gasteiger partial charge is 0.123 e. The molecule has 0 spiro atoms. The van der Waals surface area contributed by atoms with Gasteiger partial charge >= 0.3 is 0 Å². The molecular formula is C16H20N2S. The minimum atomic E-state index is 0.600. The Hall–Kier alpha value is -1.19. The van der Waals surface area contributed by atoms with Crippen molar-refractivity contribution in [1.29, 1.82) is 0 Å². The Morgan fingerprint density at radius 3 is 2.68 bits per heavy atom. The molecule has 0 fully saturated rings. The van der Waals surface area contributed by atoms with Crippen LogP contribution in [0.25, 0.3) is 10.6 Å². The fourth-order valence-electron chi connectivity index (χ4n) is 2.93. The van der Waals surface area contributed by atoms with Crippen molar-refractivity contribution in [2.75, 3.05) is 0 Å². The highest BCUT2D eigenvalue weighted by Gasteiger charge is 2.25. The number of aromatic nitrogens is 1. The Morgan fingerprint density at radius 1 is 1.26 bits per heavy atom. The van der Waals surface area contributed by atoms with Gasteiger partial charge in [0.15, 0.2) is 0 Å². The van der Waals surface area contributed by atoms with Gasteiger partial charge in [0.1, 0.15) is 5.01 Å². The number of hydrogen-bond donors (Lipinski definition) is 1. The molecule has 2 N–H and O–H groups in total. The monoisotopic (exact) mass is 272 g/mol. The number of hydrogen-bond acceptors (Lipinski definition) is 3. The molecule has 100 valence electrons. The minimum absolute atomic E-state index is 0.600. The number of thiazole rings is 1. The highest BCUT2D eigenvalue weighted by molar-refractivity contribution is 7.15. The van der Waals surface area contributed by atoms with Gasteiger partial charge in [0.05, 0.1) is 5.69 Å². The molecule has 1 aliphatic rings. The SMILES string of the molecule is CC1Cc2nc(-c3ccc(CN)cc3)sc2C(C)C1. The topological polar surface area (TPSA) is 38.9 Å². The molecule has 1 aliphatic carbocycles. The van der Waals surface area contributed by atoms with E-state index in [0.717, 1.165) is 17.3 Å². The third kappa shape index (κ3) is 2.45. The number of benzene rings is 1. The lowest BCUT2D eigenvalue weighted by Gasteiger charge is -2.22. The van der Waals surface area contributed by atoms with Crippen LogP contribution in [0.3, 0.4) is 0 Å². The van der Waals surface area contributed by atoms with Crippen LogP contribution in [0, 0.1) is 5.92 Å². The van der Waals surface area contributed by atoms with E-state index in [2.05, 4.69) is 38.1 Å². The highest BCUT2D eigenvalue weighted by Crippen LogP contribution is 2.40. The van der Waals surface area contributed by atoms with Crippen LogP contribution in [0.5, 0.6) is 0 Å². The van der Waals surface area contributed by atoms with E-state index < -0.39 is 0 Å². The van der Waals surface area contributed by atoms with E-state index in [1.807, 2.05) is 11.3 Å². The first-order valence-corrected chi connectivity index (χ1v) is 7.78. The van der Waals surface area contributed by atoms with Crippen LogP contribution in [-0.2, 0) is 13.0 Å². The van der Waals surface area contributed by atoms with Crippen molar-refractivity contribution in [3.8, 4) is 10.6 Å². The first-order chi connectivity index (χ1) is 9.17. The number of nitrogens with two attached hydrogens (primary N) is 1. The third-order valence-corrected chi connectivity index (χ3v) is 5.29. The summed E-state index contributed by atoms with van der Waals surface area (Å²) in [5.41, 5.74) is 9.36. The molecule has 0 bridgehead atoms.